The molecule has 0 aliphatic carbocycles. The van der Waals surface area contributed by atoms with Crippen molar-refractivity contribution in [1.29, 1.82) is 0 Å². The van der Waals surface area contributed by atoms with Crippen molar-refractivity contribution in [2.75, 3.05) is 20.2 Å². The quantitative estimate of drug-likeness (QED) is 0.704. The van der Waals surface area contributed by atoms with Gasteiger partial charge in [0.25, 0.3) is 0 Å². The second-order valence-corrected chi connectivity index (χ2v) is 6.30. The van der Waals surface area contributed by atoms with Crippen molar-refractivity contribution >= 4 is 16.0 Å². The third kappa shape index (κ3) is 5.45. The highest BCUT2D eigenvalue weighted by atomic mass is 32.2. The van der Waals surface area contributed by atoms with Crippen LogP contribution in [0.2, 0.25) is 0 Å². The normalized spacial score (nSPS) is 12.9. The monoisotopic (exact) mass is 314 g/mol. The summed E-state index contributed by atoms with van der Waals surface area (Å²) in [4.78, 5) is 11.4. The number of hydrogen-bond acceptors (Lipinski definition) is 5. The first-order valence-electron chi connectivity index (χ1n) is 6.83. The molecule has 1 rings (SSSR count). The molecule has 0 amide bonds. The zero-order chi connectivity index (χ0) is 15.9. The summed E-state index contributed by atoms with van der Waals surface area (Å²) in [6.45, 7) is 3.96. The van der Waals surface area contributed by atoms with E-state index >= 15 is 0 Å². The molecular weight excluding hydrogens is 292 g/mol. The third-order valence-corrected chi connectivity index (χ3v) is 4.49. The topological polar surface area (TPSA) is 84.5 Å². The van der Waals surface area contributed by atoms with Gasteiger partial charge in [-0.05, 0) is 38.6 Å². The molecule has 0 bridgehead atoms. The highest BCUT2D eigenvalue weighted by molar-refractivity contribution is 7.89. The van der Waals surface area contributed by atoms with Crippen LogP contribution in [0.1, 0.15) is 31.9 Å². The fourth-order valence-corrected chi connectivity index (χ4v) is 2.81. The summed E-state index contributed by atoms with van der Waals surface area (Å²) >= 11 is 0. The maximum Gasteiger partial charge on any atom is 0.307 e. The fourth-order valence-electron chi connectivity index (χ4n) is 1.72. The van der Waals surface area contributed by atoms with E-state index in [1.807, 2.05) is 20.0 Å². The molecule has 1 unspecified atom stereocenters. The highest BCUT2D eigenvalue weighted by Crippen LogP contribution is 2.17. The van der Waals surface area contributed by atoms with Gasteiger partial charge in [-0.15, -0.1) is 0 Å². The van der Waals surface area contributed by atoms with E-state index in [1.165, 1.54) is 6.07 Å². The summed E-state index contributed by atoms with van der Waals surface area (Å²) in [7, 11) is -1.81. The predicted octanol–water partition coefficient (Wildman–Crippen LogP) is 1.20. The van der Waals surface area contributed by atoms with Gasteiger partial charge in [0.2, 0.25) is 10.0 Å². The van der Waals surface area contributed by atoms with E-state index in [0.29, 0.717) is 0 Å². The number of ether oxygens (including phenoxy) is 1. The lowest BCUT2D eigenvalue weighted by Gasteiger charge is -2.12. The molecule has 0 heterocycles. The van der Waals surface area contributed by atoms with Gasteiger partial charge in [-0.1, -0.05) is 12.1 Å². The van der Waals surface area contributed by atoms with Gasteiger partial charge < -0.3 is 10.1 Å². The molecule has 0 saturated heterocycles. The molecule has 118 valence electrons. The van der Waals surface area contributed by atoms with Gasteiger partial charge in [0.1, 0.15) is 0 Å². The van der Waals surface area contributed by atoms with Gasteiger partial charge in [0.05, 0.1) is 17.9 Å². The average Bonchev–Trinajstić information content (AvgIpc) is 2.46. The first-order valence-corrected chi connectivity index (χ1v) is 8.31. The molecule has 0 aromatic heterocycles. The Morgan fingerprint density at radius 2 is 2.10 bits per heavy atom. The Bertz CT molecular complexity index is 572. The van der Waals surface area contributed by atoms with Crippen molar-refractivity contribution in [3.63, 3.8) is 0 Å². The predicted molar refractivity (Wildman–Crippen MR) is 80.4 cm³/mol. The number of esters is 1. The molecule has 1 aromatic rings. The summed E-state index contributed by atoms with van der Waals surface area (Å²) in [5, 5.41) is 3.06. The first-order chi connectivity index (χ1) is 9.90. The Hall–Kier alpha value is -1.44. The maximum atomic E-state index is 12.2. The van der Waals surface area contributed by atoms with Crippen LogP contribution in [0.15, 0.2) is 29.2 Å². The van der Waals surface area contributed by atoms with E-state index in [2.05, 4.69) is 10.0 Å². The standard InChI is InChI=1S/C14H22N2O4S/c1-4-20-14(17)8-9-16-21(18,19)13-7-5-6-12(10-13)11(2)15-3/h5-7,10-11,15-16H,4,8-9H2,1-3H3. The molecule has 7 heteroatoms. The lowest BCUT2D eigenvalue weighted by Crippen LogP contribution is -2.27. The van der Waals surface area contributed by atoms with Gasteiger partial charge in [0, 0.05) is 12.6 Å². The molecule has 0 radical (unpaired) electrons. The van der Waals surface area contributed by atoms with E-state index in [4.69, 9.17) is 4.74 Å². The van der Waals surface area contributed by atoms with Crippen molar-refractivity contribution in [3.8, 4) is 0 Å². The molecular formula is C14H22N2O4S. The van der Waals surface area contributed by atoms with Gasteiger partial charge in [-0.3, -0.25) is 4.79 Å². The summed E-state index contributed by atoms with van der Waals surface area (Å²) in [5.74, 6) is -0.419. The minimum absolute atomic E-state index is 0.0136. The van der Waals surface area contributed by atoms with E-state index < -0.39 is 16.0 Å². The number of rotatable bonds is 8. The Balaban J connectivity index is 2.72. The molecule has 6 nitrogen and oxygen atoms in total. The summed E-state index contributed by atoms with van der Waals surface area (Å²) in [6.07, 6.45) is 0.0136. The number of carbonyl (C=O) groups is 1. The van der Waals surface area contributed by atoms with Gasteiger partial charge in [0.15, 0.2) is 0 Å². The van der Waals surface area contributed by atoms with E-state index in [1.54, 1.807) is 19.1 Å². The zero-order valence-corrected chi connectivity index (χ0v) is 13.4. The van der Waals surface area contributed by atoms with E-state index in [-0.39, 0.29) is 30.5 Å². The fraction of sp³-hybridized carbons (Fsp3) is 0.500. The minimum atomic E-state index is -3.62. The number of sulfonamides is 1. The van der Waals surface area contributed by atoms with Crippen LogP contribution in [0.3, 0.4) is 0 Å². The van der Waals surface area contributed by atoms with Crippen LogP contribution in [-0.4, -0.2) is 34.6 Å². The van der Waals surface area contributed by atoms with Crippen LogP contribution in [0.5, 0.6) is 0 Å². The average molecular weight is 314 g/mol. The van der Waals surface area contributed by atoms with E-state index in [9.17, 15) is 13.2 Å². The summed E-state index contributed by atoms with van der Waals surface area (Å²) in [5.41, 5.74) is 0.880. The van der Waals surface area contributed by atoms with Crippen LogP contribution in [0.4, 0.5) is 0 Å². The highest BCUT2D eigenvalue weighted by Gasteiger charge is 2.15. The largest absolute Gasteiger partial charge is 0.466 e. The molecule has 0 aliphatic heterocycles. The van der Waals surface area contributed by atoms with Gasteiger partial charge in [-0.25, -0.2) is 13.1 Å². The number of nitrogens with one attached hydrogen (secondary N) is 2. The number of hydrogen-bond donors (Lipinski definition) is 2. The molecule has 0 spiro atoms. The van der Waals surface area contributed by atoms with Gasteiger partial charge >= 0.3 is 5.97 Å². The van der Waals surface area contributed by atoms with Gasteiger partial charge in [-0.2, -0.15) is 0 Å². The second kappa shape index (κ2) is 8.11. The minimum Gasteiger partial charge on any atom is -0.466 e. The lowest BCUT2D eigenvalue weighted by molar-refractivity contribution is -0.142. The van der Waals surface area contributed by atoms with Crippen molar-refractivity contribution in [1.82, 2.24) is 10.0 Å². The summed E-state index contributed by atoms with van der Waals surface area (Å²) < 4.78 is 31.4. The Labute approximate surface area is 125 Å². The SMILES string of the molecule is CCOC(=O)CCNS(=O)(=O)c1cccc(C(C)NC)c1. The summed E-state index contributed by atoms with van der Waals surface area (Å²) in [6, 6.07) is 6.76. The molecule has 1 aromatic carbocycles. The van der Waals surface area contributed by atoms with Crippen LogP contribution in [-0.2, 0) is 19.6 Å². The van der Waals surface area contributed by atoms with Crippen molar-refractivity contribution in [2.24, 2.45) is 0 Å². The molecule has 21 heavy (non-hydrogen) atoms. The first kappa shape index (κ1) is 17.6. The van der Waals surface area contributed by atoms with Crippen LogP contribution in [0.25, 0.3) is 0 Å². The van der Waals surface area contributed by atoms with E-state index in [0.717, 1.165) is 5.56 Å². The molecule has 0 aliphatic rings. The number of benzene rings is 1. The molecule has 2 N–H and O–H groups in total. The van der Waals surface area contributed by atoms with Crippen molar-refractivity contribution in [3.05, 3.63) is 29.8 Å². The third-order valence-electron chi connectivity index (χ3n) is 3.03. The van der Waals surface area contributed by atoms with Crippen LogP contribution < -0.4 is 10.0 Å². The Kier molecular flexibility index (Phi) is 6.80. The zero-order valence-electron chi connectivity index (χ0n) is 12.5. The molecule has 0 fully saturated rings. The molecule has 1 atom stereocenters. The lowest BCUT2D eigenvalue weighted by atomic mass is 10.1. The smallest absolute Gasteiger partial charge is 0.307 e. The van der Waals surface area contributed by atoms with Crippen molar-refractivity contribution in [2.45, 2.75) is 31.2 Å². The molecule has 0 saturated carbocycles. The second-order valence-electron chi connectivity index (χ2n) is 4.54. The number of carbonyl (C=O) groups excluding carboxylic acids is 1. The Morgan fingerprint density at radius 3 is 2.71 bits per heavy atom. The Morgan fingerprint density at radius 1 is 1.38 bits per heavy atom. The maximum absolute atomic E-state index is 12.2. The van der Waals surface area contributed by atoms with Crippen LogP contribution >= 0.6 is 0 Å². The van der Waals surface area contributed by atoms with Crippen LogP contribution in [0, 0.1) is 0 Å². The van der Waals surface area contributed by atoms with Crippen molar-refractivity contribution < 1.29 is 17.9 Å².